The van der Waals surface area contributed by atoms with Crippen molar-refractivity contribution in [1.82, 2.24) is 14.8 Å². The molecule has 3 aromatic carbocycles. The van der Waals surface area contributed by atoms with Crippen molar-refractivity contribution in [3.05, 3.63) is 89.2 Å². The lowest BCUT2D eigenvalue weighted by Crippen LogP contribution is -2.15. The van der Waals surface area contributed by atoms with Crippen LogP contribution in [0.3, 0.4) is 0 Å². The lowest BCUT2D eigenvalue weighted by molar-refractivity contribution is -0.113. The maximum atomic E-state index is 12.7. The van der Waals surface area contributed by atoms with Gasteiger partial charge in [-0.1, -0.05) is 36.0 Å². The smallest absolute Gasteiger partial charge is 0.234 e. The van der Waals surface area contributed by atoms with Gasteiger partial charge in [-0.25, -0.2) is 0 Å². The average Bonchev–Trinajstić information content (AvgIpc) is 3.27. The van der Waals surface area contributed by atoms with E-state index in [4.69, 9.17) is 9.47 Å². The van der Waals surface area contributed by atoms with Crippen LogP contribution >= 0.6 is 11.8 Å². The highest BCUT2D eigenvalue weighted by Crippen LogP contribution is 2.26. The Hall–Kier alpha value is -3.78. The molecule has 1 heterocycles. The summed E-state index contributed by atoms with van der Waals surface area (Å²) in [4.78, 5) is 12.7. The van der Waals surface area contributed by atoms with Crippen LogP contribution < -0.4 is 14.8 Å². The van der Waals surface area contributed by atoms with E-state index in [1.807, 2.05) is 92.1 Å². The van der Waals surface area contributed by atoms with E-state index in [-0.39, 0.29) is 18.3 Å². The van der Waals surface area contributed by atoms with Gasteiger partial charge in [-0.15, -0.1) is 10.2 Å². The third-order valence-electron chi connectivity index (χ3n) is 5.60. The molecule has 1 amide bonds. The van der Waals surface area contributed by atoms with Crippen LogP contribution in [0.4, 0.5) is 5.69 Å². The summed E-state index contributed by atoms with van der Waals surface area (Å²) in [5, 5.41) is 12.3. The number of hydrogen-bond donors (Lipinski definition) is 1. The largest absolute Gasteiger partial charge is 0.497 e. The van der Waals surface area contributed by atoms with Gasteiger partial charge < -0.3 is 14.8 Å². The molecule has 0 atom stereocenters. The minimum atomic E-state index is -0.106. The quantitative estimate of drug-likeness (QED) is 0.313. The molecule has 0 saturated heterocycles. The molecule has 1 N–H and O–H groups in total. The van der Waals surface area contributed by atoms with Crippen LogP contribution in [0, 0.1) is 20.8 Å². The van der Waals surface area contributed by atoms with Crippen molar-refractivity contribution in [3.63, 3.8) is 0 Å². The molecule has 0 saturated carbocycles. The molecule has 0 aliphatic heterocycles. The summed E-state index contributed by atoms with van der Waals surface area (Å²) < 4.78 is 13.2. The highest BCUT2D eigenvalue weighted by molar-refractivity contribution is 7.99. The fourth-order valence-electron chi connectivity index (χ4n) is 3.53. The number of benzene rings is 3. The van der Waals surface area contributed by atoms with Gasteiger partial charge in [-0.05, 0) is 79.9 Å². The van der Waals surface area contributed by atoms with Crippen LogP contribution in [-0.4, -0.2) is 33.5 Å². The highest BCUT2D eigenvalue weighted by atomic mass is 32.2. The van der Waals surface area contributed by atoms with Crippen molar-refractivity contribution in [2.45, 2.75) is 32.5 Å². The normalized spacial score (nSPS) is 10.7. The van der Waals surface area contributed by atoms with Crippen molar-refractivity contribution < 1.29 is 14.3 Å². The standard InChI is InChI=1S/C27H28N4O3S/c1-18-7-5-9-23(15-18)34-16-25-29-30-27(31(25)21-11-13-22(33-4)14-12-21)35-17-26(32)28-24-10-6-8-19(2)20(24)3/h5-15H,16-17H2,1-4H3,(H,28,32). The molecule has 4 rings (SSSR count). The Bertz CT molecular complexity index is 1320. The number of anilines is 1. The summed E-state index contributed by atoms with van der Waals surface area (Å²) in [6.45, 7) is 6.28. The summed E-state index contributed by atoms with van der Waals surface area (Å²) in [6, 6.07) is 21.3. The molecular weight excluding hydrogens is 460 g/mol. The van der Waals surface area contributed by atoms with Crippen molar-refractivity contribution in [3.8, 4) is 17.2 Å². The molecular formula is C27H28N4O3S. The zero-order chi connectivity index (χ0) is 24.8. The van der Waals surface area contributed by atoms with Gasteiger partial charge in [-0.2, -0.15) is 0 Å². The van der Waals surface area contributed by atoms with Gasteiger partial charge in [0.1, 0.15) is 18.1 Å². The van der Waals surface area contributed by atoms with Crippen LogP contribution in [0.2, 0.25) is 0 Å². The minimum Gasteiger partial charge on any atom is -0.497 e. The predicted octanol–water partition coefficient (Wildman–Crippen LogP) is 5.51. The lowest BCUT2D eigenvalue weighted by Gasteiger charge is -2.13. The van der Waals surface area contributed by atoms with Crippen LogP contribution in [0.1, 0.15) is 22.5 Å². The zero-order valence-corrected chi connectivity index (χ0v) is 21.1. The fourth-order valence-corrected chi connectivity index (χ4v) is 4.30. The SMILES string of the molecule is COc1ccc(-n2c(COc3cccc(C)c3)nnc2SCC(=O)Nc2cccc(C)c2C)cc1. The molecule has 0 fully saturated rings. The maximum Gasteiger partial charge on any atom is 0.234 e. The number of aromatic nitrogens is 3. The molecule has 0 aliphatic rings. The van der Waals surface area contributed by atoms with Gasteiger partial charge in [0.25, 0.3) is 0 Å². The monoisotopic (exact) mass is 488 g/mol. The van der Waals surface area contributed by atoms with Gasteiger partial charge in [0.05, 0.1) is 12.9 Å². The Morgan fingerprint density at radius 1 is 0.971 bits per heavy atom. The number of nitrogens with zero attached hydrogens (tertiary/aromatic N) is 3. The summed E-state index contributed by atoms with van der Waals surface area (Å²) in [6.07, 6.45) is 0. The Morgan fingerprint density at radius 3 is 2.49 bits per heavy atom. The first-order chi connectivity index (χ1) is 16.9. The second-order valence-electron chi connectivity index (χ2n) is 8.12. The first-order valence-electron chi connectivity index (χ1n) is 11.2. The molecule has 0 spiro atoms. The van der Waals surface area contributed by atoms with Gasteiger partial charge >= 0.3 is 0 Å². The number of hydrogen-bond acceptors (Lipinski definition) is 6. The zero-order valence-electron chi connectivity index (χ0n) is 20.2. The summed E-state index contributed by atoms with van der Waals surface area (Å²) in [7, 11) is 1.63. The first kappa shape index (κ1) is 24.3. The van der Waals surface area contributed by atoms with Crippen LogP contribution in [0.5, 0.6) is 11.5 Å². The van der Waals surface area contributed by atoms with E-state index in [1.54, 1.807) is 7.11 Å². The third kappa shape index (κ3) is 6.02. The van der Waals surface area contributed by atoms with Crippen LogP contribution in [-0.2, 0) is 11.4 Å². The number of methoxy groups -OCH3 is 1. The molecule has 1 aromatic heterocycles. The second kappa shape index (κ2) is 11.1. The number of amides is 1. The maximum absolute atomic E-state index is 12.7. The number of rotatable bonds is 9. The molecule has 0 bridgehead atoms. The fraction of sp³-hybridized carbons (Fsp3) is 0.222. The van der Waals surface area contributed by atoms with E-state index in [1.165, 1.54) is 11.8 Å². The molecule has 8 heteroatoms. The number of carbonyl (C=O) groups is 1. The molecule has 0 aliphatic carbocycles. The first-order valence-corrected chi connectivity index (χ1v) is 12.2. The highest BCUT2D eigenvalue weighted by Gasteiger charge is 2.17. The second-order valence-corrected chi connectivity index (χ2v) is 9.06. The van der Waals surface area contributed by atoms with E-state index >= 15 is 0 Å². The van der Waals surface area contributed by atoms with Gasteiger partial charge in [0.2, 0.25) is 5.91 Å². The van der Waals surface area contributed by atoms with E-state index in [9.17, 15) is 4.79 Å². The van der Waals surface area contributed by atoms with Crippen molar-refractivity contribution >= 4 is 23.4 Å². The number of carbonyl (C=O) groups excluding carboxylic acids is 1. The molecule has 35 heavy (non-hydrogen) atoms. The Morgan fingerprint density at radius 2 is 1.74 bits per heavy atom. The van der Waals surface area contributed by atoms with E-state index in [2.05, 4.69) is 15.5 Å². The van der Waals surface area contributed by atoms with Crippen LogP contribution in [0.15, 0.2) is 71.9 Å². The average molecular weight is 489 g/mol. The summed E-state index contributed by atoms with van der Waals surface area (Å²) in [5.74, 6) is 2.23. The van der Waals surface area contributed by atoms with E-state index in [0.29, 0.717) is 11.0 Å². The molecule has 180 valence electrons. The number of thioether (sulfide) groups is 1. The summed E-state index contributed by atoms with van der Waals surface area (Å²) >= 11 is 1.32. The Labute approximate surface area is 209 Å². The van der Waals surface area contributed by atoms with Crippen molar-refractivity contribution in [2.24, 2.45) is 0 Å². The minimum absolute atomic E-state index is 0.106. The Kier molecular flexibility index (Phi) is 7.72. The molecule has 4 aromatic rings. The van der Waals surface area contributed by atoms with Crippen LogP contribution in [0.25, 0.3) is 5.69 Å². The van der Waals surface area contributed by atoms with Gasteiger partial charge in [-0.3, -0.25) is 9.36 Å². The third-order valence-corrected chi connectivity index (χ3v) is 6.53. The van der Waals surface area contributed by atoms with Crippen molar-refractivity contribution in [2.75, 3.05) is 18.2 Å². The molecule has 7 nitrogen and oxygen atoms in total. The Balaban J connectivity index is 1.53. The van der Waals surface area contributed by atoms with Crippen molar-refractivity contribution in [1.29, 1.82) is 0 Å². The summed E-state index contributed by atoms with van der Waals surface area (Å²) in [5.41, 5.74) is 4.98. The number of aryl methyl sites for hydroxylation is 2. The molecule has 0 unspecified atom stereocenters. The van der Waals surface area contributed by atoms with E-state index in [0.717, 1.165) is 39.6 Å². The predicted molar refractivity (Wildman–Crippen MR) is 139 cm³/mol. The number of nitrogens with one attached hydrogen (secondary N) is 1. The van der Waals surface area contributed by atoms with Gasteiger partial charge in [0, 0.05) is 11.4 Å². The van der Waals surface area contributed by atoms with E-state index < -0.39 is 0 Å². The topological polar surface area (TPSA) is 78.3 Å². The molecule has 0 radical (unpaired) electrons. The lowest BCUT2D eigenvalue weighted by atomic mass is 10.1. The number of ether oxygens (including phenoxy) is 2. The van der Waals surface area contributed by atoms with Gasteiger partial charge in [0.15, 0.2) is 11.0 Å².